The van der Waals surface area contributed by atoms with E-state index in [1.165, 1.54) is 12.8 Å². The molecule has 0 atom stereocenters. The van der Waals surface area contributed by atoms with E-state index in [1.807, 2.05) is 19.9 Å². The van der Waals surface area contributed by atoms with Crippen LogP contribution < -0.4 is 10.2 Å². The van der Waals surface area contributed by atoms with E-state index in [1.54, 1.807) is 12.4 Å². The van der Waals surface area contributed by atoms with Crippen LogP contribution in [0.3, 0.4) is 0 Å². The first-order valence-electron chi connectivity index (χ1n) is 10.8. The van der Waals surface area contributed by atoms with Crippen LogP contribution in [0, 0.1) is 13.8 Å². The molecular weight excluding hydrogens is 398 g/mol. The van der Waals surface area contributed by atoms with Crippen LogP contribution in [0.15, 0.2) is 18.5 Å². The predicted molar refractivity (Wildman–Crippen MR) is 123 cm³/mol. The summed E-state index contributed by atoms with van der Waals surface area (Å²) >= 11 is 6.47. The maximum atomic E-state index is 13.0. The smallest absolute Gasteiger partial charge is 0.251 e. The van der Waals surface area contributed by atoms with Gasteiger partial charge in [-0.15, -0.1) is 0 Å². The summed E-state index contributed by atoms with van der Waals surface area (Å²) in [6.45, 7) is 7.44. The van der Waals surface area contributed by atoms with Crippen molar-refractivity contribution in [2.45, 2.75) is 65.1 Å². The first-order chi connectivity index (χ1) is 14.3. The number of carbonyl (C=O) groups is 1. The second-order valence-corrected chi connectivity index (χ2v) is 8.90. The number of aromatic amines is 1. The Bertz CT molecular complexity index is 870. The van der Waals surface area contributed by atoms with Gasteiger partial charge in [0, 0.05) is 34.9 Å². The fraction of sp³-hybridized carbons (Fsp3) is 0.565. The third kappa shape index (κ3) is 4.98. The van der Waals surface area contributed by atoms with Crippen molar-refractivity contribution in [3.8, 4) is 0 Å². The van der Waals surface area contributed by atoms with Crippen LogP contribution in [0.25, 0.3) is 0 Å². The topological polar surface area (TPSA) is 64.3 Å². The first-order valence-corrected chi connectivity index (χ1v) is 11.2. The summed E-state index contributed by atoms with van der Waals surface area (Å²) in [6.07, 6.45) is 6.35. The Morgan fingerprint density at radius 1 is 1.20 bits per heavy atom. The van der Waals surface area contributed by atoms with Crippen molar-refractivity contribution < 1.29 is 4.79 Å². The van der Waals surface area contributed by atoms with E-state index >= 15 is 0 Å². The summed E-state index contributed by atoms with van der Waals surface area (Å²) in [6, 6.07) is 4.92. The Balaban J connectivity index is 1.78. The standard InChI is InChI=1S/C23H34ClN5O/c1-6-29(19-9-7-18(8-10-19)28(4)5)22-12-17(24)11-20(15(22)2)23(30)25-13-21-16(3)26-14-27-21/h11-12,14,18-19H,6-10,13H2,1-5H3,(H,25,30)(H,26,27)/t18-,19-. The summed E-state index contributed by atoms with van der Waals surface area (Å²) in [5.74, 6) is -0.113. The third-order valence-electron chi connectivity index (χ3n) is 6.44. The van der Waals surface area contributed by atoms with Gasteiger partial charge >= 0.3 is 0 Å². The summed E-state index contributed by atoms with van der Waals surface area (Å²) in [7, 11) is 4.33. The number of aryl methyl sites for hydroxylation is 1. The summed E-state index contributed by atoms with van der Waals surface area (Å²) in [5.41, 5.74) is 4.49. The van der Waals surface area contributed by atoms with E-state index in [0.29, 0.717) is 29.2 Å². The highest BCUT2D eigenvalue weighted by atomic mass is 35.5. The predicted octanol–water partition coefficient (Wildman–Crippen LogP) is 4.31. The molecule has 1 aliphatic carbocycles. The zero-order valence-electron chi connectivity index (χ0n) is 18.8. The third-order valence-corrected chi connectivity index (χ3v) is 6.65. The minimum Gasteiger partial charge on any atom is -0.369 e. The first kappa shape index (κ1) is 22.6. The van der Waals surface area contributed by atoms with Crippen molar-refractivity contribution in [2.75, 3.05) is 25.5 Å². The highest BCUT2D eigenvalue weighted by Gasteiger charge is 2.28. The lowest BCUT2D eigenvalue weighted by molar-refractivity contribution is 0.0950. The quantitative estimate of drug-likeness (QED) is 0.685. The van der Waals surface area contributed by atoms with Gasteiger partial charge in [0.15, 0.2) is 0 Å². The number of imidazole rings is 1. The maximum Gasteiger partial charge on any atom is 0.251 e. The van der Waals surface area contributed by atoms with Crippen LogP contribution >= 0.6 is 11.6 Å². The van der Waals surface area contributed by atoms with Gasteiger partial charge in [0.1, 0.15) is 0 Å². The van der Waals surface area contributed by atoms with Gasteiger partial charge in [-0.3, -0.25) is 4.79 Å². The van der Waals surface area contributed by atoms with Gasteiger partial charge in [-0.2, -0.15) is 0 Å². The molecule has 0 radical (unpaired) electrons. The molecule has 0 saturated heterocycles. The van der Waals surface area contributed by atoms with Gasteiger partial charge in [-0.1, -0.05) is 11.6 Å². The van der Waals surface area contributed by atoms with E-state index in [2.05, 4.69) is 46.1 Å². The lowest BCUT2D eigenvalue weighted by atomic mass is 9.89. The number of hydrogen-bond acceptors (Lipinski definition) is 4. The van der Waals surface area contributed by atoms with Crippen LogP contribution in [0.2, 0.25) is 5.02 Å². The number of amides is 1. The Morgan fingerprint density at radius 2 is 1.87 bits per heavy atom. The van der Waals surface area contributed by atoms with E-state index in [9.17, 15) is 4.79 Å². The Labute approximate surface area is 185 Å². The highest BCUT2D eigenvalue weighted by molar-refractivity contribution is 6.31. The van der Waals surface area contributed by atoms with Crippen LogP contribution in [-0.4, -0.2) is 53.5 Å². The molecular formula is C23H34ClN5O. The normalized spacial score (nSPS) is 19.2. The molecule has 1 aromatic heterocycles. The minimum absolute atomic E-state index is 0.113. The molecule has 30 heavy (non-hydrogen) atoms. The molecule has 2 aromatic rings. The molecule has 0 unspecified atom stereocenters. The molecule has 0 spiro atoms. The van der Waals surface area contributed by atoms with Crippen molar-refractivity contribution in [1.82, 2.24) is 20.2 Å². The zero-order valence-corrected chi connectivity index (χ0v) is 19.5. The number of anilines is 1. The number of aromatic nitrogens is 2. The van der Waals surface area contributed by atoms with Crippen molar-refractivity contribution in [3.63, 3.8) is 0 Å². The van der Waals surface area contributed by atoms with E-state index < -0.39 is 0 Å². The molecule has 1 aliphatic rings. The molecule has 6 nitrogen and oxygen atoms in total. The van der Waals surface area contributed by atoms with E-state index in [-0.39, 0.29) is 5.91 Å². The number of carbonyl (C=O) groups excluding carboxylic acids is 1. The number of H-pyrrole nitrogens is 1. The molecule has 164 valence electrons. The fourth-order valence-electron chi connectivity index (χ4n) is 4.54. The number of hydrogen-bond donors (Lipinski definition) is 2. The largest absolute Gasteiger partial charge is 0.369 e. The van der Waals surface area contributed by atoms with Crippen molar-refractivity contribution in [2.24, 2.45) is 0 Å². The van der Waals surface area contributed by atoms with E-state index in [4.69, 9.17) is 11.6 Å². The summed E-state index contributed by atoms with van der Waals surface area (Å²) < 4.78 is 0. The fourth-order valence-corrected chi connectivity index (χ4v) is 4.76. The Hall–Kier alpha value is -2.05. The summed E-state index contributed by atoms with van der Waals surface area (Å²) in [4.78, 5) is 25.0. The van der Waals surface area contributed by atoms with Crippen molar-refractivity contribution in [3.05, 3.63) is 46.0 Å². The number of halogens is 1. The molecule has 3 rings (SSSR count). The highest BCUT2D eigenvalue weighted by Crippen LogP contribution is 2.34. The second kappa shape index (κ2) is 9.84. The monoisotopic (exact) mass is 431 g/mol. The second-order valence-electron chi connectivity index (χ2n) is 8.46. The molecule has 7 heteroatoms. The molecule has 1 heterocycles. The SMILES string of the molecule is CCN(c1cc(Cl)cc(C(=O)NCc2[nH]cnc2C)c1C)[C@H]1CC[C@H](N(C)C)CC1. The van der Waals surface area contributed by atoms with Gasteiger partial charge in [0.2, 0.25) is 0 Å². The number of nitrogens with one attached hydrogen (secondary N) is 2. The van der Waals surface area contributed by atoms with Gasteiger partial charge in [-0.25, -0.2) is 4.98 Å². The molecule has 1 amide bonds. The molecule has 1 aromatic carbocycles. The lowest BCUT2D eigenvalue weighted by Gasteiger charge is -2.40. The summed E-state index contributed by atoms with van der Waals surface area (Å²) in [5, 5.41) is 3.60. The van der Waals surface area contributed by atoms with Gasteiger partial charge in [-0.05, 0) is 78.2 Å². The van der Waals surface area contributed by atoms with E-state index in [0.717, 1.165) is 42.0 Å². The average molecular weight is 432 g/mol. The van der Waals surface area contributed by atoms with Crippen LogP contribution in [0.1, 0.15) is 59.9 Å². The molecule has 1 fully saturated rings. The Kier molecular flexibility index (Phi) is 7.42. The number of rotatable bonds is 7. The molecule has 2 N–H and O–H groups in total. The van der Waals surface area contributed by atoms with Crippen molar-refractivity contribution in [1.29, 1.82) is 0 Å². The minimum atomic E-state index is -0.113. The number of nitrogens with zero attached hydrogens (tertiary/aromatic N) is 3. The average Bonchev–Trinajstić information content (AvgIpc) is 3.14. The van der Waals surface area contributed by atoms with Gasteiger partial charge in [0.05, 0.1) is 24.3 Å². The van der Waals surface area contributed by atoms with Crippen LogP contribution in [0.4, 0.5) is 5.69 Å². The van der Waals surface area contributed by atoms with Crippen LogP contribution in [-0.2, 0) is 6.54 Å². The van der Waals surface area contributed by atoms with Crippen molar-refractivity contribution >= 4 is 23.2 Å². The number of benzene rings is 1. The van der Waals surface area contributed by atoms with Crippen LogP contribution in [0.5, 0.6) is 0 Å². The molecule has 0 bridgehead atoms. The van der Waals surface area contributed by atoms with Gasteiger partial charge < -0.3 is 20.1 Å². The molecule has 1 saturated carbocycles. The Morgan fingerprint density at radius 3 is 2.43 bits per heavy atom. The maximum absolute atomic E-state index is 13.0. The lowest BCUT2D eigenvalue weighted by Crippen LogP contribution is -2.42. The van der Waals surface area contributed by atoms with Gasteiger partial charge in [0.25, 0.3) is 5.91 Å². The zero-order chi connectivity index (χ0) is 21.8. The molecule has 0 aliphatic heterocycles.